The minimum Gasteiger partial charge on any atom is -0.375 e. The predicted molar refractivity (Wildman–Crippen MR) is 63.3 cm³/mol. The summed E-state index contributed by atoms with van der Waals surface area (Å²) in [7, 11) is 0. The van der Waals surface area contributed by atoms with E-state index in [0.29, 0.717) is 6.04 Å². The van der Waals surface area contributed by atoms with Crippen LogP contribution < -0.4 is 5.32 Å². The Morgan fingerprint density at radius 2 is 2.00 bits per heavy atom. The van der Waals surface area contributed by atoms with E-state index in [4.69, 9.17) is 4.74 Å². The summed E-state index contributed by atoms with van der Waals surface area (Å²) < 4.78 is 5.70. The van der Waals surface area contributed by atoms with Crippen LogP contribution in [0.25, 0.3) is 0 Å². The van der Waals surface area contributed by atoms with Gasteiger partial charge in [-0.25, -0.2) is 0 Å². The molecule has 1 N–H and O–H groups in total. The number of nitrogens with one attached hydrogen (secondary N) is 1. The topological polar surface area (TPSA) is 24.5 Å². The lowest BCUT2D eigenvalue weighted by Crippen LogP contribution is -2.47. The normalized spacial score (nSPS) is 26.4. The van der Waals surface area contributed by atoms with E-state index in [0.717, 1.165) is 39.4 Å². The zero-order valence-electron chi connectivity index (χ0n) is 9.48. The van der Waals surface area contributed by atoms with Gasteiger partial charge in [-0.15, -0.1) is 0 Å². The maximum atomic E-state index is 5.70. The van der Waals surface area contributed by atoms with E-state index in [2.05, 4.69) is 34.5 Å². The van der Waals surface area contributed by atoms with Gasteiger partial charge in [0.15, 0.2) is 0 Å². The Labute approximate surface area is 96.4 Å². The summed E-state index contributed by atoms with van der Waals surface area (Å²) in [5.41, 5.74) is 2.83. The van der Waals surface area contributed by atoms with Crippen molar-refractivity contribution in [2.45, 2.75) is 12.6 Å². The molecule has 1 aromatic carbocycles. The lowest BCUT2D eigenvalue weighted by atomic mass is 9.97. The third-order valence-electron chi connectivity index (χ3n) is 3.54. The number of fused-ring (bicyclic) bond motifs is 1. The smallest absolute Gasteiger partial charge is 0.0721 e. The van der Waals surface area contributed by atoms with Gasteiger partial charge in [0.1, 0.15) is 0 Å². The molecule has 1 aromatic rings. The van der Waals surface area contributed by atoms with Crippen molar-refractivity contribution in [3.8, 4) is 0 Å². The average molecular weight is 218 g/mol. The van der Waals surface area contributed by atoms with Crippen molar-refractivity contribution in [2.24, 2.45) is 0 Å². The van der Waals surface area contributed by atoms with Crippen molar-refractivity contribution in [1.82, 2.24) is 10.2 Å². The summed E-state index contributed by atoms with van der Waals surface area (Å²) in [5, 5.41) is 3.40. The van der Waals surface area contributed by atoms with Crippen LogP contribution in [0.1, 0.15) is 17.2 Å². The molecular weight excluding hydrogens is 200 g/mol. The van der Waals surface area contributed by atoms with Crippen molar-refractivity contribution < 1.29 is 4.74 Å². The van der Waals surface area contributed by atoms with Crippen LogP contribution in [0.3, 0.4) is 0 Å². The molecule has 2 aliphatic heterocycles. The molecule has 16 heavy (non-hydrogen) atoms. The first-order valence-electron chi connectivity index (χ1n) is 6.05. The second kappa shape index (κ2) is 4.53. The number of benzene rings is 1. The number of ether oxygens (including phenoxy) is 1. The number of hydrogen-bond donors (Lipinski definition) is 1. The number of piperazine rings is 1. The molecule has 0 aromatic heterocycles. The summed E-state index contributed by atoms with van der Waals surface area (Å²) in [5.74, 6) is 0. The van der Waals surface area contributed by atoms with Gasteiger partial charge in [0, 0.05) is 26.2 Å². The largest absolute Gasteiger partial charge is 0.375 e. The van der Waals surface area contributed by atoms with Gasteiger partial charge < -0.3 is 10.1 Å². The Kier molecular flexibility index (Phi) is 2.91. The van der Waals surface area contributed by atoms with Crippen LogP contribution in [0.4, 0.5) is 0 Å². The van der Waals surface area contributed by atoms with Crippen LogP contribution in [0.2, 0.25) is 0 Å². The van der Waals surface area contributed by atoms with E-state index < -0.39 is 0 Å². The van der Waals surface area contributed by atoms with E-state index in [1.807, 2.05) is 0 Å². The molecule has 2 aliphatic rings. The zero-order chi connectivity index (χ0) is 10.8. The molecule has 86 valence electrons. The SMILES string of the molecule is c1ccc2c(c1)COCC2N1CCNCC1. The van der Waals surface area contributed by atoms with E-state index in [-0.39, 0.29) is 0 Å². The fourth-order valence-corrected chi connectivity index (χ4v) is 2.66. The van der Waals surface area contributed by atoms with Crippen molar-refractivity contribution in [2.75, 3.05) is 32.8 Å². The maximum Gasteiger partial charge on any atom is 0.0721 e. The maximum absolute atomic E-state index is 5.70. The predicted octanol–water partition coefficient (Wildman–Crippen LogP) is 1.16. The monoisotopic (exact) mass is 218 g/mol. The van der Waals surface area contributed by atoms with Crippen LogP contribution in [-0.2, 0) is 11.3 Å². The second-order valence-electron chi connectivity index (χ2n) is 4.52. The van der Waals surface area contributed by atoms with Crippen molar-refractivity contribution in [3.63, 3.8) is 0 Å². The molecular formula is C13H18N2O. The van der Waals surface area contributed by atoms with Crippen LogP contribution in [0, 0.1) is 0 Å². The molecule has 1 saturated heterocycles. The number of hydrogen-bond acceptors (Lipinski definition) is 3. The summed E-state index contributed by atoms with van der Waals surface area (Å²) in [4.78, 5) is 2.54. The molecule has 0 saturated carbocycles. The lowest BCUT2D eigenvalue weighted by Gasteiger charge is -2.38. The number of nitrogens with zero attached hydrogens (tertiary/aromatic N) is 1. The van der Waals surface area contributed by atoms with E-state index in [1.165, 1.54) is 11.1 Å². The van der Waals surface area contributed by atoms with Crippen molar-refractivity contribution in [1.29, 1.82) is 0 Å². The van der Waals surface area contributed by atoms with Crippen LogP contribution in [0.15, 0.2) is 24.3 Å². The van der Waals surface area contributed by atoms with Crippen molar-refractivity contribution in [3.05, 3.63) is 35.4 Å². The third-order valence-corrected chi connectivity index (χ3v) is 3.54. The molecule has 0 radical (unpaired) electrons. The van der Waals surface area contributed by atoms with Gasteiger partial charge in [0.2, 0.25) is 0 Å². The lowest BCUT2D eigenvalue weighted by molar-refractivity contribution is 0.0276. The summed E-state index contributed by atoms with van der Waals surface area (Å²) in [6.07, 6.45) is 0. The highest BCUT2D eigenvalue weighted by Gasteiger charge is 2.26. The first-order chi connectivity index (χ1) is 7.95. The van der Waals surface area contributed by atoms with Crippen LogP contribution in [-0.4, -0.2) is 37.7 Å². The zero-order valence-corrected chi connectivity index (χ0v) is 9.48. The molecule has 1 fully saturated rings. The first kappa shape index (κ1) is 10.3. The minimum atomic E-state index is 0.465. The van der Waals surface area contributed by atoms with Crippen LogP contribution in [0.5, 0.6) is 0 Å². The molecule has 3 rings (SSSR count). The standard InChI is InChI=1S/C13H18N2O/c1-2-4-12-11(3-1)9-16-10-13(12)15-7-5-14-6-8-15/h1-4,13-14H,5-10H2. The molecule has 3 heteroatoms. The quantitative estimate of drug-likeness (QED) is 0.765. The molecule has 1 atom stereocenters. The van der Waals surface area contributed by atoms with E-state index >= 15 is 0 Å². The Morgan fingerprint density at radius 3 is 2.88 bits per heavy atom. The molecule has 0 spiro atoms. The van der Waals surface area contributed by atoms with Gasteiger partial charge in [-0.1, -0.05) is 24.3 Å². The van der Waals surface area contributed by atoms with Crippen molar-refractivity contribution >= 4 is 0 Å². The number of rotatable bonds is 1. The van der Waals surface area contributed by atoms with E-state index in [9.17, 15) is 0 Å². The van der Waals surface area contributed by atoms with Crippen LogP contribution >= 0.6 is 0 Å². The van der Waals surface area contributed by atoms with Gasteiger partial charge in [0.25, 0.3) is 0 Å². The van der Waals surface area contributed by atoms with Gasteiger partial charge in [-0.3, -0.25) is 4.90 Å². The summed E-state index contributed by atoms with van der Waals surface area (Å²) in [6, 6.07) is 9.14. The molecule has 3 nitrogen and oxygen atoms in total. The Hall–Kier alpha value is -0.900. The fourth-order valence-electron chi connectivity index (χ4n) is 2.66. The first-order valence-corrected chi connectivity index (χ1v) is 6.05. The van der Waals surface area contributed by atoms with Gasteiger partial charge in [0.05, 0.1) is 19.3 Å². The van der Waals surface area contributed by atoms with Gasteiger partial charge in [-0.05, 0) is 11.1 Å². The second-order valence-corrected chi connectivity index (χ2v) is 4.52. The van der Waals surface area contributed by atoms with Gasteiger partial charge >= 0.3 is 0 Å². The highest BCUT2D eigenvalue weighted by Crippen LogP contribution is 2.29. The summed E-state index contributed by atoms with van der Waals surface area (Å²) in [6.45, 7) is 6.07. The Balaban J connectivity index is 1.86. The molecule has 2 heterocycles. The molecule has 1 unspecified atom stereocenters. The van der Waals surface area contributed by atoms with E-state index in [1.54, 1.807) is 0 Å². The third kappa shape index (κ3) is 1.86. The van der Waals surface area contributed by atoms with Gasteiger partial charge in [-0.2, -0.15) is 0 Å². The minimum absolute atomic E-state index is 0.465. The highest BCUT2D eigenvalue weighted by atomic mass is 16.5. The Bertz CT molecular complexity index is 361. The average Bonchev–Trinajstić information content (AvgIpc) is 2.39. The molecule has 0 amide bonds. The Morgan fingerprint density at radius 1 is 1.19 bits per heavy atom. The fraction of sp³-hybridized carbons (Fsp3) is 0.538. The molecule has 0 aliphatic carbocycles. The molecule has 0 bridgehead atoms. The summed E-state index contributed by atoms with van der Waals surface area (Å²) >= 11 is 0. The highest BCUT2D eigenvalue weighted by molar-refractivity contribution is 5.31.